The summed E-state index contributed by atoms with van der Waals surface area (Å²) < 4.78 is 5.71. The van der Waals surface area contributed by atoms with Crippen molar-refractivity contribution in [1.29, 1.82) is 0 Å². The Kier molecular flexibility index (Phi) is 6.51. The normalized spacial score (nSPS) is 10.6. The third-order valence-corrected chi connectivity index (χ3v) is 3.17. The number of anilines is 1. The van der Waals surface area contributed by atoms with Crippen LogP contribution in [0.4, 0.5) is 5.69 Å². The Bertz CT molecular complexity index is 727. The topological polar surface area (TPSA) is 50.4 Å². The van der Waals surface area contributed by atoms with E-state index in [0.717, 1.165) is 5.56 Å². The van der Waals surface area contributed by atoms with E-state index in [1.165, 1.54) is 6.08 Å². The fourth-order valence-corrected chi connectivity index (χ4v) is 2.18. The molecule has 0 atom stereocenters. The maximum atomic E-state index is 11.9. The molecule has 0 aliphatic rings. The van der Waals surface area contributed by atoms with Crippen molar-refractivity contribution in [3.8, 4) is 5.75 Å². The van der Waals surface area contributed by atoms with Gasteiger partial charge in [0.2, 0.25) is 5.91 Å². The Morgan fingerprint density at radius 3 is 2.46 bits per heavy atom. The molecule has 0 unspecified atom stereocenters. The number of ether oxygens (including phenoxy) is 1. The highest BCUT2D eigenvalue weighted by molar-refractivity contribution is 7.80. The zero-order valence-corrected chi connectivity index (χ0v) is 14.5. The van der Waals surface area contributed by atoms with Crippen LogP contribution < -0.4 is 15.4 Å². The van der Waals surface area contributed by atoms with E-state index < -0.39 is 0 Å². The van der Waals surface area contributed by atoms with Crippen molar-refractivity contribution in [2.24, 2.45) is 0 Å². The first-order valence-electron chi connectivity index (χ1n) is 7.65. The van der Waals surface area contributed by atoms with E-state index in [1.54, 1.807) is 6.08 Å². The molecule has 124 valence electrons. The van der Waals surface area contributed by atoms with Gasteiger partial charge in [-0.25, -0.2) is 0 Å². The molecule has 0 spiro atoms. The molecule has 2 aromatic rings. The number of para-hydroxylation sites is 2. The molecule has 2 aromatic carbocycles. The summed E-state index contributed by atoms with van der Waals surface area (Å²) in [6.07, 6.45) is 3.22. The lowest BCUT2D eigenvalue weighted by atomic mass is 10.2. The van der Waals surface area contributed by atoms with Gasteiger partial charge in [0.25, 0.3) is 0 Å². The van der Waals surface area contributed by atoms with E-state index in [9.17, 15) is 4.79 Å². The van der Waals surface area contributed by atoms with Crippen molar-refractivity contribution in [1.82, 2.24) is 5.32 Å². The number of rotatable bonds is 5. The van der Waals surface area contributed by atoms with Crippen LogP contribution in [0.1, 0.15) is 19.4 Å². The van der Waals surface area contributed by atoms with Crippen molar-refractivity contribution in [3.63, 3.8) is 0 Å². The molecular formula is C19H20N2O2S. The summed E-state index contributed by atoms with van der Waals surface area (Å²) in [7, 11) is 0. The monoisotopic (exact) mass is 340 g/mol. The third kappa shape index (κ3) is 5.85. The second kappa shape index (κ2) is 8.84. The zero-order valence-electron chi connectivity index (χ0n) is 13.7. The standard InChI is InChI=1S/C19H20N2O2S/c1-14(2)23-17-11-7-6-10-16(17)20-19(24)21-18(22)13-12-15-8-4-3-5-9-15/h3-14H,1-2H3,(H2,20,21,22,24)/b13-12+. The predicted molar refractivity (Wildman–Crippen MR) is 102 cm³/mol. The van der Waals surface area contributed by atoms with Crippen LogP contribution in [0, 0.1) is 0 Å². The Morgan fingerprint density at radius 2 is 1.75 bits per heavy atom. The molecular weight excluding hydrogens is 320 g/mol. The van der Waals surface area contributed by atoms with Gasteiger partial charge in [0, 0.05) is 6.08 Å². The van der Waals surface area contributed by atoms with Crippen molar-refractivity contribution in [2.75, 3.05) is 5.32 Å². The van der Waals surface area contributed by atoms with Gasteiger partial charge in [0.15, 0.2) is 5.11 Å². The first kappa shape index (κ1) is 17.7. The molecule has 0 saturated heterocycles. The SMILES string of the molecule is CC(C)Oc1ccccc1NC(=S)NC(=O)/C=C/c1ccccc1. The quantitative estimate of drug-likeness (QED) is 0.638. The van der Waals surface area contributed by atoms with Crippen LogP contribution in [0.2, 0.25) is 0 Å². The third-order valence-electron chi connectivity index (χ3n) is 2.96. The van der Waals surface area contributed by atoms with Gasteiger partial charge in [-0.2, -0.15) is 0 Å². The highest BCUT2D eigenvalue weighted by Crippen LogP contribution is 2.24. The molecule has 2 N–H and O–H groups in total. The summed E-state index contributed by atoms with van der Waals surface area (Å²) in [6.45, 7) is 3.90. The summed E-state index contributed by atoms with van der Waals surface area (Å²) in [5, 5.41) is 5.82. The molecule has 0 radical (unpaired) electrons. The molecule has 0 fully saturated rings. The summed E-state index contributed by atoms with van der Waals surface area (Å²) in [5.74, 6) is 0.391. The molecule has 24 heavy (non-hydrogen) atoms. The minimum Gasteiger partial charge on any atom is -0.489 e. The Morgan fingerprint density at radius 1 is 1.08 bits per heavy atom. The van der Waals surface area contributed by atoms with Crippen LogP contribution in [0.15, 0.2) is 60.7 Å². The van der Waals surface area contributed by atoms with Gasteiger partial charge in [0.05, 0.1) is 11.8 Å². The van der Waals surface area contributed by atoms with E-state index in [2.05, 4.69) is 10.6 Å². The smallest absolute Gasteiger partial charge is 0.250 e. The lowest BCUT2D eigenvalue weighted by Gasteiger charge is -2.15. The van der Waals surface area contributed by atoms with E-state index >= 15 is 0 Å². The van der Waals surface area contributed by atoms with Gasteiger partial charge < -0.3 is 10.1 Å². The van der Waals surface area contributed by atoms with Gasteiger partial charge in [-0.15, -0.1) is 0 Å². The summed E-state index contributed by atoms with van der Waals surface area (Å²) in [4.78, 5) is 11.9. The maximum Gasteiger partial charge on any atom is 0.250 e. The Labute approximate surface area is 147 Å². The van der Waals surface area contributed by atoms with Crippen LogP contribution >= 0.6 is 12.2 Å². The van der Waals surface area contributed by atoms with Gasteiger partial charge >= 0.3 is 0 Å². The number of carbonyl (C=O) groups is 1. The molecule has 0 aliphatic carbocycles. The number of hydrogen-bond acceptors (Lipinski definition) is 3. The van der Waals surface area contributed by atoms with E-state index in [-0.39, 0.29) is 17.1 Å². The van der Waals surface area contributed by atoms with Crippen LogP contribution in [0.5, 0.6) is 5.75 Å². The number of hydrogen-bond donors (Lipinski definition) is 2. The van der Waals surface area contributed by atoms with Gasteiger partial charge in [-0.1, -0.05) is 42.5 Å². The fraction of sp³-hybridized carbons (Fsp3) is 0.158. The molecule has 1 amide bonds. The number of amides is 1. The highest BCUT2D eigenvalue weighted by Gasteiger charge is 2.07. The predicted octanol–water partition coefficient (Wildman–Crippen LogP) is 4.00. The van der Waals surface area contributed by atoms with E-state index in [1.807, 2.05) is 68.4 Å². The Balaban J connectivity index is 1.94. The maximum absolute atomic E-state index is 11.9. The number of nitrogens with one attached hydrogen (secondary N) is 2. The van der Waals surface area contributed by atoms with Crippen molar-refractivity contribution < 1.29 is 9.53 Å². The summed E-state index contributed by atoms with van der Waals surface area (Å²) >= 11 is 5.18. The molecule has 0 aromatic heterocycles. The average molecular weight is 340 g/mol. The van der Waals surface area contributed by atoms with E-state index in [4.69, 9.17) is 17.0 Å². The molecule has 5 heteroatoms. The van der Waals surface area contributed by atoms with Crippen LogP contribution in [0.3, 0.4) is 0 Å². The first-order valence-corrected chi connectivity index (χ1v) is 8.06. The largest absolute Gasteiger partial charge is 0.489 e. The van der Waals surface area contributed by atoms with Crippen LogP contribution in [0.25, 0.3) is 6.08 Å². The van der Waals surface area contributed by atoms with Crippen LogP contribution in [-0.2, 0) is 4.79 Å². The van der Waals surface area contributed by atoms with Crippen molar-refractivity contribution in [3.05, 3.63) is 66.2 Å². The number of thiocarbonyl (C=S) groups is 1. The lowest BCUT2D eigenvalue weighted by Crippen LogP contribution is -2.33. The molecule has 4 nitrogen and oxygen atoms in total. The number of carbonyl (C=O) groups excluding carboxylic acids is 1. The first-order chi connectivity index (χ1) is 11.5. The molecule has 0 heterocycles. The lowest BCUT2D eigenvalue weighted by molar-refractivity contribution is -0.115. The van der Waals surface area contributed by atoms with Gasteiger partial charge in [0.1, 0.15) is 5.75 Å². The second-order valence-electron chi connectivity index (χ2n) is 5.35. The zero-order chi connectivity index (χ0) is 17.4. The van der Waals surface area contributed by atoms with Gasteiger partial charge in [-0.3, -0.25) is 10.1 Å². The summed E-state index contributed by atoms with van der Waals surface area (Å²) in [5.41, 5.74) is 1.66. The Hall–Kier alpha value is -2.66. The second-order valence-corrected chi connectivity index (χ2v) is 5.76. The average Bonchev–Trinajstić information content (AvgIpc) is 2.55. The molecule has 2 rings (SSSR count). The van der Waals surface area contributed by atoms with Crippen molar-refractivity contribution >= 4 is 35.0 Å². The molecule has 0 bridgehead atoms. The summed E-state index contributed by atoms with van der Waals surface area (Å²) in [6, 6.07) is 17.0. The highest BCUT2D eigenvalue weighted by atomic mass is 32.1. The minimum absolute atomic E-state index is 0.0462. The molecule has 0 saturated carbocycles. The fourth-order valence-electron chi connectivity index (χ4n) is 1.97. The van der Waals surface area contributed by atoms with E-state index in [0.29, 0.717) is 11.4 Å². The van der Waals surface area contributed by atoms with Crippen LogP contribution in [-0.4, -0.2) is 17.1 Å². The minimum atomic E-state index is -0.293. The molecule has 0 aliphatic heterocycles. The van der Waals surface area contributed by atoms with Crippen molar-refractivity contribution in [2.45, 2.75) is 20.0 Å². The number of benzene rings is 2. The van der Waals surface area contributed by atoms with Gasteiger partial charge in [-0.05, 0) is 49.8 Å².